The van der Waals surface area contributed by atoms with Gasteiger partial charge in [0, 0.05) is 0 Å². The summed E-state index contributed by atoms with van der Waals surface area (Å²) in [5.41, 5.74) is 2.82. The molecule has 0 aliphatic rings. The third-order valence-electron chi connectivity index (χ3n) is 3.95. The summed E-state index contributed by atoms with van der Waals surface area (Å²) in [6.45, 7) is 8.64. The first kappa shape index (κ1) is 21.2. The smallest absolute Gasteiger partial charge is 0.335 e. The number of phenolic OH excluding ortho intramolecular Hbond substituents is 1. The van der Waals surface area contributed by atoms with Gasteiger partial charge in [0.15, 0.2) is 0 Å². The lowest BCUT2D eigenvalue weighted by Gasteiger charge is -2.19. The number of unbranched alkanes of at least 4 members (excludes halogenated alkanes) is 2. The molecule has 0 unspecified atom stereocenters. The van der Waals surface area contributed by atoms with Crippen molar-refractivity contribution in [2.24, 2.45) is 0 Å². The maximum Gasteiger partial charge on any atom is 0.335 e. The van der Waals surface area contributed by atoms with E-state index in [-0.39, 0.29) is 6.16 Å². The van der Waals surface area contributed by atoms with Crippen LogP contribution in [0.1, 0.15) is 70.1 Å². The van der Waals surface area contributed by atoms with E-state index in [0.717, 1.165) is 55.2 Å². The summed E-state index contributed by atoms with van der Waals surface area (Å²) < 4.78 is 23.6. The molecule has 0 aliphatic carbocycles. The van der Waals surface area contributed by atoms with Crippen LogP contribution in [0.5, 0.6) is 5.75 Å². The molecule has 0 heterocycles. The summed E-state index contributed by atoms with van der Waals surface area (Å²) in [7, 11) is -3.13. The van der Waals surface area contributed by atoms with Crippen LogP contribution in [0.25, 0.3) is 0 Å². The molecular formula is C19H33O4P. The highest BCUT2D eigenvalue weighted by molar-refractivity contribution is 7.53. The molecule has 138 valence electrons. The van der Waals surface area contributed by atoms with Crippen molar-refractivity contribution in [3.05, 3.63) is 28.8 Å². The molecule has 0 bridgehead atoms. The van der Waals surface area contributed by atoms with E-state index in [1.54, 1.807) is 0 Å². The SMILES string of the molecule is CCCCc1cc(CP(=O)(OCC)OCC)cc(CCCC)c1O. The number of rotatable bonds is 12. The van der Waals surface area contributed by atoms with Gasteiger partial charge in [-0.1, -0.05) is 38.8 Å². The van der Waals surface area contributed by atoms with Gasteiger partial charge in [-0.3, -0.25) is 4.57 Å². The van der Waals surface area contributed by atoms with E-state index in [1.807, 2.05) is 26.0 Å². The van der Waals surface area contributed by atoms with Crippen molar-refractivity contribution in [1.29, 1.82) is 0 Å². The molecule has 4 nitrogen and oxygen atoms in total. The highest BCUT2D eigenvalue weighted by Gasteiger charge is 2.25. The van der Waals surface area contributed by atoms with Crippen LogP contribution in [-0.4, -0.2) is 18.3 Å². The van der Waals surface area contributed by atoms with Crippen LogP contribution in [-0.2, 0) is 32.6 Å². The lowest BCUT2D eigenvalue weighted by Crippen LogP contribution is -2.01. The van der Waals surface area contributed by atoms with Crippen LogP contribution >= 0.6 is 7.60 Å². The topological polar surface area (TPSA) is 55.8 Å². The second kappa shape index (κ2) is 10.9. The lowest BCUT2D eigenvalue weighted by molar-refractivity contribution is 0.219. The minimum absolute atomic E-state index is 0.257. The van der Waals surface area contributed by atoms with Crippen LogP contribution in [0, 0.1) is 0 Å². The maximum absolute atomic E-state index is 12.8. The van der Waals surface area contributed by atoms with Gasteiger partial charge in [-0.2, -0.15) is 0 Å². The Kier molecular flexibility index (Phi) is 9.65. The Labute approximate surface area is 147 Å². The van der Waals surface area contributed by atoms with Crippen molar-refractivity contribution in [1.82, 2.24) is 0 Å². The summed E-state index contributed by atoms with van der Waals surface area (Å²) in [6.07, 6.45) is 6.13. The highest BCUT2D eigenvalue weighted by Crippen LogP contribution is 2.51. The third kappa shape index (κ3) is 6.58. The van der Waals surface area contributed by atoms with Gasteiger partial charge in [-0.25, -0.2) is 0 Å². The first-order chi connectivity index (χ1) is 11.5. The Morgan fingerprint density at radius 1 is 0.917 bits per heavy atom. The molecule has 0 aliphatic heterocycles. The van der Waals surface area contributed by atoms with Crippen LogP contribution < -0.4 is 0 Å². The molecule has 1 rings (SSSR count). The highest BCUT2D eigenvalue weighted by atomic mass is 31.2. The average Bonchev–Trinajstić information content (AvgIpc) is 2.54. The minimum atomic E-state index is -3.13. The number of aryl methyl sites for hydroxylation is 2. The molecular weight excluding hydrogens is 323 g/mol. The van der Waals surface area contributed by atoms with Crippen molar-refractivity contribution in [2.45, 2.75) is 72.4 Å². The zero-order valence-electron chi connectivity index (χ0n) is 15.6. The molecule has 1 aromatic carbocycles. The van der Waals surface area contributed by atoms with E-state index < -0.39 is 7.60 Å². The molecule has 0 atom stereocenters. The Balaban J connectivity index is 3.13. The van der Waals surface area contributed by atoms with Crippen LogP contribution in [0.4, 0.5) is 0 Å². The van der Waals surface area contributed by atoms with E-state index in [0.29, 0.717) is 19.0 Å². The normalized spacial score (nSPS) is 11.8. The summed E-state index contributed by atoms with van der Waals surface area (Å²) in [4.78, 5) is 0. The predicted octanol–water partition coefficient (Wildman–Crippen LogP) is 5.84. The quantitative estimate of drug-likeness (QED) is 0.478. The van der Waals surface area contributed by atoms with Crippen LogP contribution in [0.2, 0.25) is 0 Å². The fourth-order valence-corrected chi connectivity index (χ4v) is 4.46. The fourth-order valence-electron chi connectivity index (χ4n) is 2.78. The number of hydrogen-bond acceptors (Lipinski definition) is 4. The molecule has 24 heavy (non-hydrogen) atoms. The second-order valence-electron chi connectivity index (χ2n) is 6.07. The molecule has 1 aromatic rings. The van der Waals surface area contributed by atoms with Crippen molar-refractivity contribution in [2.75, 3.05) is 13.2 Å². The standard InChI is InChI=1S/C19H33O4P/c1-5-9-11-17-13-16(14-18(19(17)20)12-10-6-2)15-24(21,22-7-3)23-8-4/h13-14,20H,5-12,15H2,1-4H3. The molecule has 0 aromatic heterocycles. The molecule has 0 saturated carbocycles. The van der Waals surface area contributed by atoms with Gasteiger partial charge in [0.05, 0.1) is 19.4 Å². The molecule has 0 spiro atoms. The van der Waals surface area contributed by atoms with E-state index in [9.17, 15) is 9.67 Å². The Bertz CT molecular complexity index is 503. The molecule has 0 fully saturated rings. The lowest BCUT2D eigenvalue weighted by atomic mass is 9.97. The Hall–Kier alpha value is -0.830. The van der Waals surface area contributed by atoms with Crippen LogP contribution in [0.15, 0.2) is 12.1 Å². The molecule has 0 saturated heterocycles. The van der Waals surface area contributed by atoms with Crippen molar-refractivity contribution < 1.29 is 18.7 Å². The Morgan fingerprint density at radius 3 is 1.75 bits per heavy atom. The van der Waals surface area contributed by atoms with Crippen molar-refractivity contribution in [3.8, 4) is 5.75 Å². The minimum Gasteiger partial charge on any atom is -0.507 e. The first-order valence-corrected chi connectivity index (χ1v) is 10.9. The predicted molar refractivity (Wildman–Crippen MR) is 99.9 cm³/mol. The number of aromatic hydroxyl groups is 1. The van der Waals surface area contributed by atoms with Gasteiger partial charge in [0.1, 0.15) is 5.75 Å². The Morgan fingerprint density at radius 2 is 1.38 bits per heavy atom. The molecule has 1 N–H and O–H groups in total. The van der Waals surface area contributed by atoms with Crippen molar-refractivity contribution >= 4 is 7.60 Å². The van der Waals surface area contributed by atoms with Gasteiger partial charge in [-0.15, -0.1) is 0 Å². The summed E-state index contributed by atoms with van der Waals surface area (Å²) in [5, 5.41) is 10.5. The average molecular weight is 356 g/mol. The van der Waals surface area contributed by atoms with E-state index >= 15 is 0 Å². The number of phenols is 1. The summed E-state index contributed by atoms with van der Waals surface area (Å²) in [6, 6.07) is 3.93. The summed E-state index contributed by atoms with van der Waals surface area (Å²) >= 11 is 0. The van der Waals surface area contributed by atoms with Gasteiger partial charge in [0.25, 0.3) is 0 Å². The third-order valence-corrected chi connectivity index (χ3v) is 6.01. The second-order valence-corrected chi connectivity index (χ2v) is 8.13. The van der Waals surface area contributed by atoms with E-state index in [1.165, 1.54) is 0 Å². The number of hydrogen-bond donors (Lipinski definition) is 1. The van der Waals surface area contributed by atoms with E-state index in [4.69, 9.17) is 9.05 Å². The number of benzene rings is 1. The van der Waals surface area contributed by atoms with Gasteiger partial charge >= 0.3 is 7.60 Å². The monoisotopic (exact) mass is 356 g/mol. The summed E-state index contributed by atoms with van der Waals surface area (Å²) in [5.74, 6) is 0.406. The zero-order valence-corrected chi connectivity index (χ0v) is 16.5. The molecule has 5 heteroatoms. The van der Waals surface area contributed by atoms with E-state index in [2.05, 4.69) is 13.8 Å². The van der Waals surface area contributed by atoms with Gasteiger partial charge in [0.2, 0.25) is 0 Å². The van der Waals surface area contributed by atoms with Crippen LogP contribution in [0.3, 0.4) is 0 Å². The van der Waals surface area contributed by atoms with Gasteiger partial charge < -0.3 is 14.2 Å². The molecule has 0 amide bonds. The van der Waals surface area contributed by atoms with Gasteiger partial charge in [-0.05, 0) is 56.2 Å². The van der Waals surface area contributed by atoms with Crippen molar-refractivity contribution in [3.63, 3.8) is 0 Å². The zero-order chi connectivity index (χ0) is 18.0. The fraction of sp³-hybridized carbons (Fsp3) is 0.684. The largest absolute Gasteiger partial charge is 0.507 e. The first-order valence-electron chi connectivity index (χ1n) is 9.21. The molecule has 0 radical (unpaired) electrons. The maximum atomic E-state index is 12.8.